The predicted molar refractivity (Wildman–Crippen MR) is 68.1 cm³/mol. The van der Waals surface area contributed by atoms with E-state index in [0.717, 1.165) is 35.8 Å². The van der Waals surface area contributed by atoms with E-state index < -0.39 is 0 Å². The molecule has 0 aliphatic carbocycles. The van der Waals surface area contributed by atoms with Gasteiger partial charge in [-0.3, -0.25) is 0 Å². The van der Waals surface area contributed by atoms with Crippen molar-refractivity contribution in [3.63, 3.8) is 0 Å². The molecule has 0 aromatic heterocycles. The van der Waals surface area contributed by atoms with Gasteiger partial charge in [-0.05, 0) is 18.6 Å². The molecule has 4 heteroatoms. The Bertz CT molecular complexity index is 293. The van der Waals surface area contributed by atoms with Crippen molar-refractivity contribution in [2.75, 3.05) is 26.6 Å². The second-order valence-corrected chi connectivity index (χ2v) is 3.77. The summed E-state index contributed by atoms with van der Waals surface area (Å²) in [6, 6.07) is 5.52. The van der Waals surface area contributed by atoms with E-state index in [1.54, 1.807) is 14.2 Å². The molecular weight excluding hydrogens is 224 g/mol. The highest BCUT2D eigenvalue weighted by molar-refractivity contribution is 7.80. The molecule has 0 amide bonds. The Morgan fingerprint density at radius 3 is 2.00 bits per heavy atom. The maximum absolute atomic E-state index is 5.60. The summed E-state index contributed by atoms with van der Waals surface area (Å²) >= 11 is 4.15. The van der Waals surface area contributed by atoms with Gasteiger partial charge in [0.25, 0.3) is 0 Å². The highest BCUT2D eigenvalue weighted by atomic mass is 32.1. The van der Waals surface area contributed by atoms with E-state index in [0.29, 0.717) is 6.61 Å². The fourth-order valence-corrected chi connectivity index (χ4v) is 1.49. The number of benzene rings is 1. The smallest absolute Gasteiger partial charge is 0.126 e. The maximum atomic E-state index is 5.60. The third kappa shape index (κ3) is 4.23. The van der Waals surface area contributed by atoms with Crippen molar-refractivity contribution in [1.82, 2.24) is 0 Å². The molecule has 0 spiro atoms. The lowest BCUT2D eigenvalue weighted by Crippen LogP contribution is -1.98. The second kappa shape index (κ2) is 7.28. The first kappa shape index (κ1) is 13.0. The van der Waals surface area contributed by atoms with Crippen LogP contribution in [0.4, 0.5) is 0 Å². The largest absolute Gasteiger partial charge is 0.496 e. The zero-order valence-corrected chi connectivity index (χ0v) is 10.6. The zero-order chi connectivity index (χ0) is 11.8. The van der Waals surface area contributed by atoms with Crippen molar-refractivity contribution in [1.29, 1.82) is 0 Å². The number of unbranched alkanes of at least 4 members (excludes halogenated alkanes) is 1. The van der Waals surface area contributed by atoms with E-state index in [9.17, 15) is 0 Å². The molecule has 0 aliphatic rings. The summed E-state index contributed by atoms with van der Waals surface area (Å²) < 4.78 is 15.9. The molecule has 0 unspecified atom stereocenters. The second-order valence-electron chi connectivity index (χ2n) is 3.33. The quantitative estimate of drug-likeness (QED) is 0.588. The van der Waals surface area contributed by atoms with E-state index in [1.807, 2.05) is 18.2 Å². The van der Waals surface area contributed by atoms with Crippen LogP contribution in [0.1, 0.15) is 12.8 Å². The summed E-state index contributed by atoms with van der Waals surface area (Å²) in [5, 5.41) is 0. The number of hydrogen-bond acceptors (Lipinski definition) is 4. The van der Waals surface area contributed by atoms with Crippen LogP contribution >= 0.6 is 12.6 Å². The number of ether oxygens (including phenoxy) is 3. The first-order chi connectivity index (χ1) is 7.80. The molecule has 0 atom stereocenters. The summed E-state index contributed by atoms with van der Waals surface area (Å²) in [7, 11) is 3.25. The van der Waals surface area contributed by atoms with Crippen molar-refractivity contribution in [3.05, 3.63) is 18.2 Å². The average molecular weight is 242 g/mol. The molecule has 16 heavy (non-hydrogen) atoms. The maximum Gasteiger partial charge on any atom is 0.126 e. The van der Waals surface area contributed by atoms with E-state index in [1.165, 1.54) is 0 Å². The van der Waals surface area contributed by atoms with Gasteiger partial charge in [-0.15, -0.1) is 0 Å². The van der Waals surface area contributed by atoms with Gasteiger partial charge in [0.2, 0.25) is 0 Å². The standard InChI is InChI=1S/C12H18O3S/c1-13-10-7-11(14-2)9-12(8-10)15-5-3-4-6-16/h7-9,16H,3-6H2,1-2H3. The minimum absolute atomic E-state index is 0.691. The SMILES string of the molecule is COc1cc(OC)cc(OCCCCS)c1. The van der Waals surface area contributed by atoms with Crippen molar-refractivity contribution in [2.45, 2.75) is 12.8 Å². The summed E-state index contributed by atoms with van der Waals surface area (Å²) in [6.45, 7) is 0.691. The highest BCUT2D eigenvalue weighted by Gasteiger charge is 2.02. The lowest BCUT2D eigenvalue weighted by atomic mass is 10.3. The summed E-state index contributed by atoms with van der Waals surface area (Å²) in [5.74, 6) is 3.15. The normalized spacial score (nSPS) is 9.94. The van der Waals surface area contributed by atoms with Crippen molar-refractivity contribution in [3.8, 4) is 17.2 Å². The van der Waals surface area contributed by atoms with Crippen LogP contribution in [-0.4, -0.2) is 26.6 Å². The molecule has 0 bridgehead atoms. The average Bonchev–Trinajstić information content (AvgIpc) is 2.34. The Morgan fingerprint density at radius 1 is 0.938 bits per heavy atom. The Balaban J connectivity index is 2.57. The van der Waals surface area contributed by atoms with E-state index in [-0.39, 0.29) is 0 Å². The summed E-state index contributed by atoms with van der Waals surface area (Å²) in [5.41, 5.74) is 0. The number of hydrogen-bond donors (Lipinski definition) is 1. The van der Waals surface area contributed by atoms with Gasteiger partial charge in [-0.2, -0.15) is 12.6 Å². The van der Waals surface area contributed by atoms with Crippen LogP contribution in [0.2, 0.25) is 0 Å². The van der Waals surface area contributed by atoms with Crippen LogP contribution in [0.15, 0.2) is 18.2 Å². The molecule has 0 saturated carbocycles. The Morgan fingerprint density at radius 2 is 1.50 bits per heavy atom. The number of methoxy groups -OCH3 is 2. The molecule has 1 aromatic carbocycles. The third-order valence-electron chi connectivity index (χ3n) is 2.15. The van der Waals surface area contributed by atoms with Gasteiger partial charge in [0.05, 0.1) is 20.8 Å². The van der Waals surface area contributed by atoms with E-state index in [2.05, 4.69) is 12.6 Å². The fraction of sp³-hybridized carbons (Fsp3) is 0.500. The Hall–Kier alpha value is -1.03. The fourth-order valence-electron chi connectivity index (χ4n) is 1.27. The van der Waals surface area contributed by atoms with Gasteiger partial charge in [0.1, 0.15) is 17.2 Å². The third-order valence-corrected chi connectivity index (χ3v) is 2.46. The molecule has 0 saturated heterocycles. The first-order valence-corrected chi connectivity index (χ1v) is 5.90. The molecule has 3 nitrogen and oxygen atoms in total. The van der Waals surface area contributed by atoms with Crippen LogP contribution in [-0.2, 0) is 0 Å². The lowest BCUT2D eigenvalue weighted by molar-refractivity contribution is 0.304. The Kier molecular flexibility index (Phi) is 5.93. The highest BCUT2D eigenvalue weighted by Crippen LogP contribution is 2.27. The Labute approximate surface area is 102 Å². The molecule has 90 valence electrons. The molecule has 0 aliphatic heterocycles. The van der Waals surface area contributed by atoms with E-state index in [4.69, 9.17) is 14.2 Å². The predicted octanol–water partition coefficient (Wildman–Crippen LogP) is 2.79. The minimum atomic E-state index is 0.691. The van der Waals surface area contributed by atoms with Gasteiger partial charge in [0, 0.05) is 18.2 Å². The molecule has 0 radical (unpaired) electrons. The number of thiol groups is 1. The van der Waals surface area contributed by atoms with Crippen LogP contribution in [0.5, 0.6) is 17.2 Å². The molecule has 1 aromatic rings. The topological polar surface area (TPSA) is 27.7 Å². The minimum Gasteiger partial charge on any atom is -0.496 e. The molecule has 0 fully saturated rings. The van der Waals surface area contributed by atoms with Crippen LogP contribution < -0.4 is 14.2 Å². The lowest BCUT2D eigenvalue weighted by Gasteiger charge is -2.09. The van der Waals surface area contributed by atoms with Gasteiger partial charge < -0.3 is 14.2 Å². The van der Waals surface area contributed by atoms with Gasteiger partial charge in [-0.1, -0.05) is 0 Å². The van der Waals surface area contributed by atoms with Crippen LogP contribution in [0.3, 0.4) is 0 Å². The van der Waals surface area contributed by atoms with Crippen LogP contribution in [0.25, 0.3) is 0 Å². The zero-order valence-electron chi connectivity index (χ0n) is 9.73. The monoisotopic (exact) mass is 242 g/mol. The van der Waals surface area contributed by atoms with Gasteiger partial charge in [0.15, 0.2) is 0 Å². The van der Waals surface area contributed by atoms with Crippen molar-refractivity contribution >= 4 is 12.6 Å². The van der Waals surface area contributed by atoms with Gasteiger partial charge >= 0.3 is 0 Å². The number of rotatable bonds is 7. The van der Waals surface area contributed by atoms with Gasteiger partial charge in [-0.25, -0.2) is 0 Å². The molecule has 0 N–H and O–H groups in total. The molecular formula is C12H18O3S. The first-order valence-electron chi connectivity index (χ1n) is 5.27. The van der Waals surface area contributed by atoms with Crippen molar-refractivity contribution < 1.29 is 14.2 Å². The molecule has 0 heterocycles. The molecule has 1 rings (SSSR count). The van der Waals surface area contributed by atoms with Crippen LogP contribution in [0, 0.1) is 0 Å². The van der Waals surface area contributed by atoms with Crippen molar-refractivity contribution in [2.24, 2.45) is 0 Å². The summed E-state index contributed by atoms with van der Waals surface area (Å²) in [6.07, 6.45) is 2.06. The summed E-state index contributed by atoms with van der Waals surface area (Å²) in [4.78, 5) is 0. The van der Waals surface area contributed by atoms with E-state index >= 15 is 0 Å².